The number of nitrogens with zero attached hydrogens (tertiary/aromatic N) is 3. The van der Waals surface area contributed by atoms with Crippen LogP contribution in [-0.2, 0) is 9.53 Å². The Balaban J connectivity index is 1.23. The summed E-state index contributed by atoms with van der Waals surface area (Å²) in [6.07, 6.45) is 4.10. The van der Waals surface area contributed by atoms with Gasteiger partial charge in [-0.05, 0) is 37.1 Å². The molecule has 2 N–H and O–H groups in total. The second-order valence-corrected chi connectivity index (χ2v) is 8.43. The van der Waals surface area contributed by atoms with E-state index in [4.69, 9.17) is 4.74 Å². The van der Waals surface area contributed by atoms with Gasteiger partial charge in [0.15, 0.2) is 5.13 Å². The highest BCUT2D eigenvalue weighted by Gasteiger charge is 2.19. The van der Waals surface area contributed by atoms with Crippen molar-refractivity contribution in [3.8, 4) is 0 Å². The highest BCUT2D eigenvalue weighted by atomic mass is 32.1. The first-order chi connectivity index (χ1) is 14.7. The first kappa shape index (κ1) is 20.6. The number of likely N-dealkylation sites (tertiary alicyclic amines) is 1. The number of rotatable bonds is 8. The molecule has 1 aromatic heterocycles. The standard InChI is InChI=1S/C21H27N5O3S/c27-19-3-1-9-26(19)10-2-8-22-21-23-15-18(30-21)20(28)24-16-4-6-17(7-5-16)25-11-13-29-14-12-25/h4-7,15H,1-3,8-14H2,(H,22,23)(H,24,28). The molecule has 4 rings (SSSR count). The van der Waals surface area contributed by atoms with Gasteiger partial charge in [-0.3, -0.25) is 9.59 Å². The van der Waals surface area contributed by atoms with E-state index < -0.39 is 0 Å². The fourth-order valence-electron chi connectivity index (χ4n) is 3.64. The molecule has 0 atom stereocenters. The van der Waals surface area contributed by atoms with E-state index in [1.54, 1.807) is 6.20 Å². The molecule has 0 spiro atoms. The average molecular weight is 430 g/mol. The van der Waals surface area contributed by atoms with Crippen LogP contribution >= 0.6 is 11.3 Å². The highest BCUT2D eigenvalue weighted by Crippen LogP contribution is 2.22. The highest BCUT2D eigenvalue weighted by molar-refractivity contribution is 7.17. The fraction of sp³-hybridized carbons (Fsp3) is 0.476. The maximum absolute atomic E-state index is 12.5. The number of carbonyl (C=O) groups is 2. The van der Waals surface area contributed by atoms with Crippen molar-refractivity contribution in [1.29, 1.82) is 0 Å². The molecule has 9 heteroatoms. The van der Waals surface area contributed by atoms with Crippen LogP contribution in [0.3, 0.4) is 0 Å². The van der Waals surface area contributed by atoms with Gasteiger partial charge in [0.2, 0.25) is 5.91 Å². The summed E-state index contributed by atoms with van der Waals surface area (Å²) in [6.45, 7) is 5.63. The third kappa shape index (κ3) is 5.28. The van der Waals surface area contributed by atoms with Gasteiger partial charge in [0.25, 0.3) is 5.91 Å². The molecule has 30 heavy (non-hydrogen) atoms. The summed E-state index contributed by atoms with van der Waals surface area (Å²) >= 11 is 1.33. The van der Waals surface area contributed by atoms with Gasteiger partial charge in [0, 0.05) is 50.5 Å². The van der Waals surface area contributed by atoms with E-state index in [9.17, 15) is 9.59 Å². The molecule has 0 aliphatic carbocycles. The SMILES string of the molecule is O=C(Nc1ccc(N2CCOCC2)cc1)c1cnc(NCCCN2CCCC2=O)s1. The molecule has 2 amide bonds. The lowest BCUT2D eigenvalue weighted by atomic mass is 10.2. The number of hydrogen-bond acceptors (Lipinski definition) is 7. The van der Waals surface area contributed by atoms with Crippen molar-refractivity contribution in [2.45, 2.75) is 19.3 Å². The van der Waals surface area contributed by atoms with E-state index in [0.29, 0.717) is 11.3 Å². The van der Waals surface area contributed by atoms with Gasteiger partial charge >= 0.3 is 0 Å². The summed E-state index contributed by atoms with van der Waals surface area (Å²) in [5, 5.41) is 6.89. The Bertz CT molecular complexity index is 864. The summed E-state index contributed by atoms with van der Waals surface area (Å²) in [5.41, 5.74) is 1.89. The molecular formula is C21H27N5O3S. The minimum absolute atomic E-state index is 0.165. The molecule has 8 nitrogen and oxygen atoms in total. The molecule has 2 saturated heterocycles. The Morgan fingerprint density at radius 1 is 1.17 bits per heavy atom. The van der Waals surface area contributed by atoms with E-state index >= 15 is 0 Å². The van der Waals surface area contributed by atoms with Crippen molar-refractivity contribution in [2.24, 2.45) is 0 Å². The second-order valence-electron chi connectivity index (χ2n) is 7.39. The van der Waals surface area contributed by atoms with E-state index in [1.807, 2.05) is 29.2 Å². The normalized spacial score (nSPS) is 16.7. The molecule has 1 aromatic carbocycles. The van der Waals surface area contributed by atoms with Gasteiger partial charge in [-0.25, -0.2) is 4.98 Å². The average Bonchev–Trinajstić information content (AvgIpc) is 3.41. The number of thiazole rings is 1. The molecule has 3 heterocycles. The smallest absolute Gasteiger partial charge is 0.267 e. The third-order valence-corrected chi connectivity index (χ3v) is 6.24. The molecule has 2 aliphatic heterocycles. The third-order valence-electron chi connectivity index (χ3n) is 5.28. The Morgan fingerprint density at radius 3 is 2.70 bits per heavy atom. The Labute approximate surface area is 180 Å². The van der Waals surface area contributed by atoms with Gasteiger partial charge in [-0.1, -0.05) is 11.3 Å². The first-order valence-corrected chi connectivity index (χ1v) is 11.2. The lowest BCUT2D eigenvalue weighted by Gasteiger charge is -2.28. The predicted octanol–water partition coefficient (Wildman–Crippen LogP) is 2.66. The van der Waals surface area contributed by atoms with Crippen molar-refractivity contribution >= 4 is 39.7 Å². The summed E-state index contributed by atoms with van der Waals surface area (Å²) in [6, 6.07) is 7.88. The minimum atomic E-state index is -0.165. The number of benzene rings is 1. The van der Waals surface area contributed by atoms with E-state index in [0.717, 1.165) is 75.3 Å². The first-order valence-electron chi connectivity index (χ1n) is 10.4. The Hall–Kier alpha value is -2.65. The number of anilines is 3. The van der Waals surface area contributed by atoms with Crippen molar-refractivity contribution in [1.82, 2.24) is 9.88 Å². The largest absolute Gasteiger partial charge is 0.378 e. The number of ether oxygens (including phenoxy) is 1. The van der Waals surface area contributed by atoms with E-state index in [2.05, 4.69) is 20.5 Å². The fourth-order valence-corrected chi connectivity index (χ4v) is 4.37. The monoisotopic (exact) mass is 429 g/mol. The molecule has 2 fully saturated rings. The molecule has 160 valence electrons. The van der Waals surface area contributed by atoms with E-state index in [-0.39, 0.29) is 11.8 Å². The maximum Gasteiger partial charge on any atom is 0.267 e. The number of nitrogens with one attached hydrogen (secondary N) is 2. The second kappa shape index (κ2) is 9.90. The van der Waals surface area contributed by atoms with Crippen LogP contribution in [0.1, 0.15) is 28.9 Å². The number of morpholine rings is 1. The molecule has 2 aromatic rings. The van der Waals surface area contributed by atoms with Crippen molar-refractivity contribution in [2.75, 3.05) is 61.5 Å². The molecule has 0 saturated carbocycles. The number of aromatic nitrogens is 1. The quantitative estimate of drug-likeness (QED) is 0.628. The van der Waals surface area contributed by atoms with Crippen LogP contribution in [0.2, 0.25) is 0 Å². The summed E-state index contributed by atoms with van der Waals surface area (Å²) < 4.78 is 5.38. The van der Waals surface area contributed by atoms with Gasteiger partial charge in [0.05, 0.1) is 19.4 Å². The van der Waals surface area contributed by atoms with Crippen molar-refractivity contribution < 1.29 is 14.3 Å². The summed E-state index contributed by atoms with van der Waals surface area (Å²) in [7, 11) is 0. The molecular weight excluding hydrogens is 402 g/mol. The minimum Gasteiger partial charge on any atom is -0.378 e. The number of carbonyl (C=O) groups excluding carboxylic acids is 2. The topological polar surface area (TPSA) is 86.8 Å². The Kier molecular flexibility index (Phi) is 6.81. The summed E-state index contributed by atoms with van der Waals surface area (Å²) in [5.74, 6) is 0.0866. The van der Waals surface area contributed by atoms with Gasteiger partial charge in [-0.15, -0.1) is 0 Å². The zero-order valence-electron chi connectivity index (χ0n) is 16.9. The van der Waals surface area contributed by atoms with Gasteiger partial charge in [-0.2, -0.15) is 0 Å². The van der Waals surface area contributed by atoms with Crippen LogP contribution in [0.15, 0.2) is 30.5 Å². The van der Waals surface area contributed by atoms with Crippen molar-refractivity contribution in [3.05, 3.63) is 35.3 Å². The van der Waals surface area contributed by atoms with Gasteiger partial charge < -0.3 is 25.2 Å². The molecule has 0 radical (unpaired) electrons. The number of amides is 2. The molecule has 0 unspecified atom stereocenters. The van der Waals surface area contributed by atoms with Crippen LogP contribution in [0.25, 0.3) is 0 Å². The zero-order valence-corrected chi connectivity index (χ0v) is 17.7. The van der Waals surface area contributed by atoms with Gasteiger partial charge in [0.1, 0.15) is 4.88 Å². The summed E-state index contributed by atoms with van der Waals surface area (Å²) in [4.78, 5) is 33.2. The molecule has 2 aliphatic rings. The van der Waals surface area contributed by atoms with Crippen molar-refractivity contribution in [3.63, 3.8) is 0 Å². The van der Waals surface area contributed by atoms with Crippen LogP contribution in [0.5, 0.6) is 0 Å². The van der Waals surface area contributed by atoms with Crippen LogP contribution < -0.4 is 15.5 Å². The lowest BCUT2D eigenvalue weighted by molar-refractivity contribution is -0.127. The Morgan fingerprint density at radius 2 is 1.97 bits per heavy atom. The zero-order chi connectivity index (χ0) is 20.8. The van der Waals surface area contributed by atoms with Crippen LogP contribution in [-0.4, -0.2) is 67.6 Å². The van der Waals surface area contributed by atoms with E-state index in [1.165, 1.54) is 11.3 Å². The maximum atomic E-state index is 12.5. The lowest BCUT2D eigenvalue weighted by Crippen LogP contribution is -2.36. The molecule has 0 bridgehead atoms. The van der Waals surface area contributed by atoms with Crippen LogP contribution in [0, 0.1) is 0 Å². The number of hydrogen-bond donors (Lipinski definition) is 2. The predicted molar refractivity (Wildman–Crippen MR) is 118 cm³/mol. The van der Waals surface area contributed by atoms with Crippen LogP contribution in [0.4, 0.5) is 16.5 Å².